The minimum atomic E-state index is -4.88. The van der Waals surface area contributed by atoms with Crippen molar-refractivity contribution in [3.05, 3.63) is 71.3 Å². The first kappa shape index (κ1) is 17.1. The smallest absolute Gasteiger partial charge is 0.432 e. The number of ether oxygens (including phenoxy) is 1. The van der Waals surface area contributed by atoms with E-state index in [1.54, 1.807) is 42.5 Å². The Hall–Kier alpha value is -2.76. The molecule has 25 heavy (non-hydrogen) atoms. The van der Waals surface area contributed by atoms with E-state index in [4.69, 9.17) is 4.74 Å². The monoisotopic (exact) mass is 348 g/mol. The predicted molar refractivity (Wildman–Crippen MR) is 86.2 cm³/mol. The van der Waals surface area contributed by atoms with Crippen molar-refractivity contribution >= 4 is 12.0 Å². The first-order chi connectivity index (χ1) is 11.8. The van der Waals surface area contributed by atoms with Gasteiger partial charge < -0.3 is 9.84 Å². The Morgan fingerprint density at radius 3 is 2.32 bits per heavy atom. The second-order valence-corrected chi connectivity index (χ2v) is 5.81. The molecular formula is C19H15F3O3. The first-order valence-electron chi connectivity index (χ1n) is 7.68. The number of alkyl halides is 3. The summed E-state index contributed by atoms with van der Waals surface area (Å²) in [4.78, 5) is 11.6. The second kappa shape index (κ2) is 6.27. The van der Waals surface area contributed by atoms with Crippen molar-refractivity contribution < 1.29 is 27.8 Å². The number of carboxylic acid groups (broad SMARTS) is 1. The van der Waals surface area contributed by atoms with E-state index in [-0.39, 0.29) is 12.2 Å². The zero-order valence-electron chi connectivity index (χ0n) is 13.1. The number of carboxylic acids is 1. The third-order valence-corrected chi connectivity index (χ3v) is 4.23. The summed E-state index contributed by atoms with van der Waals surface area (Å²) in [5, 5.41) is 9.41. The van der Waals surface area contributed by atoms with Crippen LogP contribution in [0.25, 0.3) is 6.08 Å². The molecule has 0 saturated heterocycles. The minimum absolute atomic E-state index is 0.0258. The van der Waals surface area contributed by atoms with Gasteiger partial charge in [-0.2, -0.15) is 13.2 Å². The Bertz CT molecular complexity index is 812. The molecule has 1 aliphatic rings. The molecule has 3 nitrogen and oxygen atoms in total. The molecule has 1 unspecified atom stereocenters. The Balaban J connectivity index is 2.06. The Labute approximate surface area is 142 Å². The van der Waals surface area contributed by atoms with Gasteiger partial charge >= 0.3 is 12.1 Å². The summed E-state index contributed by atoms with van der Waals surface area (Å²) in [5.41, 5.74) is -2.68. The van der Waals surface area contributed by atoms with Gasteiger partial charge in [0.2, 0.25) is 5.60 Å². The summed E-state index contributed by atoms with van der Waals surface area (Å²) in [6, 6.07) is 14.7. The van der Waals surface area contributed by atoms with Crippen LogP contribution < -0.4 is 4.74 Å². The van der Waals surface area contributed by atoms with Crippen LogP contribution in [0, 0.1) is 0 Å². The van der Waals surface area contributed by atoms with E-state index in [0.717, 1.165) is 6.08 Å². The second-order valence-electron chi connectivity index (χ2n) is 5.81. The number of rotatable bonds is 4. The van der Waals surface area contributed by atoms with Crippen LogP contribution in [0.3, 0.4) is 0 Å². The molecule has 1 heterocycles. The highest BCUT2D eigenvalue weighted by Crippen LogP contribution is 2.47. The highest BCUT2D eigenvalue weighted by Gasteiger charge is 2.62. The number of carbonyl (C=O) groups is 1. The first-order valence-corrected chi connectivity index (χ1v) is 7.68. The molecular weight excluding hydrogens is 333 g/mol. The molecule has 0 bridgehead atoms. The van der Waals surface area contributed by atoms with Crippen LogP contribution in [-0.4, -0.2) is 22.9 Å². The lowest BCUT2D eigenvalue weighted by atomic mass is 9.83. The molecule has 0 fully saturated rings. The largest absolute Gasteiger partial charge is 0.478 e. The van der Waals surface area contributed by atoms with Gasteiger partial charge in [-0.3, -0.25) is 0 Å². The molecule has 1 atom stereocenters. The van der Waals surface area contributed by atoms with Gasteiger partial charge in [-0.1, -0.05) is 48.5 Å². The zero-order valence-corrected chi connectivity index (χ0v) is 13.1. The number of hydrogen-bond acceptors (Lipinski definition) is 2. The molecule has 6 heteroatoms. The van der Waals surface area contributed by atoms with Gasteiger partial charge in [-0.15, -0.1) is 0 Å². The quantitative estimate of drug-likeness (QED) is 0.886. The minimum Gasteiger partial charge on any atom is -0.478 e. The van der Waals surface area contributed by atoms with Crippen molar-refractivity contribution in [3.63, 3.8) is 0 Å². The van der Waals surface area contributed by atoms with E-state index >= 15 is 0 Å². The number of benzene rings is 2. The maximum absolute atomic E-state index is 14.0. The third-order valence-electron chi connectivity index (χ3n) is 4.23. The van der Waals surface area contributed by atoms with Crippen molar-refractivity contribution in [1.82, 2.24) is 0 Å². The maximum atomic E-state index is 14.0. The highest BCUT2D eigenvalue weighted by molar-refractivity contribution is 5.96. The third kappa shape index (κ3) is 3.12. The summed E-state index contributed by atoms with van der Waals surface area (Å²) >= 11 is 0. The predicted octanol–water partition coefficient (Wildman–Crippen LogP) is 4.48. The lowest BCUT2D eigenvalue weighted by molar-refractivity contribution is -0.237. The van der Waals surface area contributed by atoms with Gasteiger partial charge in [-0.25, -0.2) is 4.79 Å². The van der Waals surface area contributed by atoms with Gasteiger partial charge in [-0.05, 0) is 24.1 Å². The molecule has 0 aliphatic carbocycles. The molecule has 0 spiro atoms. The number of aliphatic carboxylic acids is 1. The van der Waals surface area contributed by atoms with Crippen LogP contribution in [0.2, 0.25) is 0 Å². The molecule has 130 valence electrons. The fourth-order valence-electron chi connectivity index (χ4n) is 2.95. The molecule has 3 rings (SSSR count). The average Bonchev–Trinajstić information content (AvgIpc) is 2.59. The summed E-state index contributed by atoms with van der Waals surface area (Å²) < 4.78 is 47.2. The van der Waals surface area contributed by atoms with Gasteiger partial charge in [0.25, 0.3) is 0 Å². The topological polar surface area (TPSA) is 46.5 Å². The highest BCUT2D eigenvalue weighted by atomic mass is 19.4. The molecule has 2 aromatic rings. The van der Waals surface area contributed by atoms with E-state index in [1.165, 1.54) is 12.1 Å². The molecule has 0 radical (unpaired) electrons. The van der Waals surface area contributed by atoms with E-state index < -0.39 is 29.7 Å². The molecule has 0 aromatic heterocycles. The summed E-state index contributed by atoms with van der Waals surface area (Å²) in [5.74, 6) is -1.61. The SMILES string of the molecule is O=C(O)C1=Cc2ccccc2OC1(CCc1ccccc1)C(F)(F)F. The number of aryl methyl sites for hydroxylation is 1. The number of halogens is 3. The fourth-order valence-corrected chi connectivity index (χ4v) is 2.95. The van der Waals surface area contributed by atoms with Crippen LogP contribution in [0.4, 0.5) is 13.2 Å². The summed E-state index contributed by atoms with van der Waals surface area (Å²) in [7, 11) is 0. The van der Waals surface area contributed by atoms with E-state index in [0.29, 0.717) is 11.1 Å². The maximum Gasteiger partial charge on any atom is 0.432 e. The van der Waals surface area contributed by atoms with E-state index in [2.05, 4.69) is 0 Å². The van der Waals surface area contributed by atoms with Gasteiger partial charge in [0.1, 0.15) is 5.75 Å². The average molecular weight is 348 g/mol. The van der Waals surface area contributed by atoms with Crippen LogP contribution in [0.5, 0.6) is 5.75 Å². The lowest BCUT2D eigenvalue weighted by Gasteiger charge is -2.39. The molecule has 0 saturated carbocycles. The normalized spacial score (nSPS) is 19.6. The van der Waals surface area contributed by atoms with Crippen molar-refractivity contribution in [3.8, 4) is 5.75 Å². The van der Waals surface area contributed by atoms with Gasteiger partial charge in [0.05, 0.1) is 5.57 Å². The van der Waals surface area contributed by atoms with Crippen molar-refractivity contribution in [1.29, 1.82) is 0 Å². The van der Waals surface area contributed by atoms with E-state index in [9.17, 15) is 23.1 Å². The molecule has 1 N–H and O–H groups in total. The Kier molecular flexibility index (Phi) is 4.29. The Morgan fingerprint density at radius 2 is 1.68 bits per heavy atom. The number of fused-ring (bicyclic) bond motifs is 1. The summed E-state index contributed by atoms with van der Waals surface area (Å²) in [6.45, 7) is 0. The van der Waals surface area contributed by atoms with E-state index in [1.807, 2.05) is 0 Å². The van der Waals surface area contributed by atoms with Crippen molar-refractivity contribution in [2.24, 2.45) is 0 Å². The van der Waals surface area contributed by atoms with Crippen molar-refractivity contribution in [2.45, 2.75) is 24.6 Å². The van der Waals surface area contributed by atoms with Crippen LogP contribution in [0.1, 0.15) is 17.5 Å². The van der Waals surface area contributed by atoms with Crippen LogP contribution in [0.15, 0.2) is 60.2 Å². The number of para-hydroxylation sites is 1. The van der Waals surface area contributed by atoms with Crippen molar-refractivity contribution in [2.75, 3.05) is 0 Å². The summed E-state index contributed by atoms with van der Waals surface area (Å²) in [6.07, 6.45) is -4.31. The number of hydrogen-bond donors (Lipinski definition) is 1. The Morgan fingerprint density at radius 1 is 1.04 bits per heavy atom. The van der Waals surface area contributed by atoms with Crippen LogP contribution >= 0.6 is 0 Å². The van der Waals surface area contributed by atoms with Crippen LogP contribution in [-0.2, 0) is 11.2 Å². The van der Waals surface area contributed by atoms with Gasteiger partial charge in [0, 0.05) is 12.0 Å². The molecule has 0 amide bonds. The standard InChI is InChI=1S/C19H15F3O3/c20-19(21,22)18(11-10-13-6-2-1-3-7-13)15(17(23)24)12-14-8-4-5-9-16(14)25-18/h1-9,12H,10-11H2,(H,23,24). The zero-order chi connectivity index (χ0) is 18.1. The fraction of sp³-hybridized carbons (Fsp3) is 0.211. The molecule has 1 aliphatic heterocycles. The van der Waals surface area contributed by atoms with Gasteiger partial charge in [0.15, 0.2) is 0 Å². The molecule has 2 aromatic carbocycles. The lowest BCUT2D eigenvalue weighted by Crippen LogP contribution is -2.55.